The molecular formula is C15H22O4. The zero-order chi connectivity index (χ0) is 13.9. The van der Waals surface area contributed by atoms with Crippen LogP contribution in [0.25, 0.3) is 0 Å². The van der Waals surface area contributed by atoms with Gasteiger partial charge >= 0.3 is 5.97 Å². The summed E-state index contributed by atoms with van der Waals surface area (Å²) in [5.74, 6) is -0.764. The van der Waals surface area contributed by atoms with Gasteiger partial charge in [0.15, 0.2) is 5.75 Å². The lowest BCUT2D eigenvalue weighted by atomic mass is 10.1. The quantitative estimate of drug-likeness (QED) is 0.394. The molecule has 1 N–H and O–H groups in total. The summed E-state index contributed by atoms with van der Waals surface area (Å²) >= 11 is 0. The molecule has 0 heterocycles. The predicted octanol–water partition coefficient (Wildman–Crippen LogP) is 4.06. The van der Waals surface area contributed by atoms with E-state index in [1.807, 2.05) is 0 Å². The Morgan fingerprint density at radius 3 is 2.53 bits per heavy atom. The summed E-state index contributed by atoms with van der Waals surface area (Å²) in [6.07, 6.45) is 7.04. The molecule has 1 aromatic carbocycles. The van der Waals surface area contributed by atoms with Crippen molar-refractivity contribution in [3.63, 3.8) is 0 Å². The highest BCUT2D eigenvalue weighted by Crippen LogP contribution is 2.18. The normalized spacial score (nSPS) is 10.4. The maximum absolute atomic E-state index is 10.9. The highest BCUT2D eigenvalue weighted by Gasteiger charge is 2.10. The molecule has 0 aliphatic carbocycles. The molecule has 106 valence electrons. The Hall–Kier alpha value is -1.55. The van der Waals surface area contributed by atoms with Gasteiger partial charge in [-0.3, -0.25) is 0 Å². The summed E-state index contributed by atoms with van der Waals surface area (Å²) in [7, 11) is 0. The molecule has 19 heavy (non-hydrogen) atoms. The molecule has 0 spiro atoms. The SMILES string of the molecule is CCCCCCCCOOc1ccccc1C(=O)O. The average molecular weight is 266 g/mol. The molecule has 0 saturated heterocycles. The lowest BCUT2D eigenvalue weighted by molar-refractivity contribution is -0.207. The van der Waals surface area contributed by atoms with E-state index in [2.05, 4.69) is 6.92 Å². The first-order valence-corrected chi connectivity index (χ1v) is 6.87. The molecule has 0 aliphatic heterocycles. The second-order valence-electron chi connectivity index (χ2n) is 4.47. The van der Waals surface area contributed by atoms with Crippen LogP contribution in [0.1, 0.15) is 55.8 Å². The first-order valence-electron chi connectivity index (χ1n) is 6.87. The topological polar surface area (TPSA) is 55.8 Å². The molecule has 0 aliphatic rings. The molecule has 0 radical (unpaired) electrons. The van der Waals surface area contributed by atoms with E-state index in [0.29, 0.717) is 6.61 Å². The summed E-state index contributed by atoms with van der Waals surface area (Å²) in [6, 6.07) is 6.45. The van der Waals surface area contributed by atoms with Crippen molar-refractivity contribution in [3.05, 3.63) is 29.8 Å². The smallest absolute Gasteiger partial charge is 0.339 e. The number of carbonyl (C=O) groups is 1. The zero-order valence-electron chi connectivity index (χ0n) is 11.4. The van der Waals surface area contributed by atoms with Crippen molar-refractivity contribution < 1.29 is 19.7 Å². The predicted molar refractivity (Wildman–Crippen MR) is 73.4 cm³/mol. The van der Waals surface area contributed by atoms with E-state index in [-0.39, 0.29) is 11.3 Å². The molecule has 0 saturated carbocycles. The lowest BCUT2D eigenvalue weighted by Crippen LogP contribution is -2.05. The third-order valence-corrected chi connectivity index (χ3v) is 2.85. The van der Waals surface area contributed by atoms with E-state index in [0.717, 1.165) is 12.8 Å². The zero-order valence-corrected chi connectivity index (χ0v) is 11.4. The Kier molecular flexibility index (Phi) is 7.66. The number of benzene rings is 1. The van der Waals surface area contributed by atoms with Crippen molar-refractivity contribution in [1.29, 1.82) is 0 Å². The molecule has 4 heteroatoms. The monoisotopic (exact) mass is 266 g/mol. The molecule has 0 bridgehead atoms. The van der Waals surface area contributed by atoms with Gasteiger partial charge < -0.3 is 9.99 Å². The fraction of sp³-hybridized carbons (Fsp3) is 0.533. The fourth-order valence-electron chi connectivity index (χ4n) is 1.76. The maximum Gasteiger partial charge on any atom is 0.339 e. The van der Waals surface area contributed by atoms with Crippen molar-refractivity contribution in [2.45, 2.75) is 45.4 Å². The van der Waals surface area contributed by atoms with Gasteiger partial charge in [-0.15, -0.1) is 0 Å². The highest BCUT2D eigenvalue weighted by molar-refractivity contribution is 5.90. The van der Waals surface area contributed by atoms with Gasteiger partial charge in [0, 0.05) is 0 Å². The Bertz CT molecular complexity index is 376. The minimum atomic E-state index is -1.02. The number of hydrogen-bond donors (Lipinski definition) is 1. The third-order valence-electron chi connectivity index (χ3n) is 2.85. The van der Waals surface area contributed by atoms with Crippen LogP contribution >= 0.6 is 0 Å². The van der Waals surface area contributed by atoms with Gasteiger partial charge in [0.2, 0.25) is 0 Å². The van der Waals surface area contributed by atoms with Crippen molar-refractivity contribution in [3.8, 4) is 5.75 Å². The van der Waals surface area contributed by atoms with E-state index in [4.69, 9.17) is 14.9 Å². The average Bonchev–Trinajstić information content (AvgIpc) is 2.42. The van der Waals surface area contributed by atoms with Crippen molar-refractivity contribution in [2.24, 2.45) is 0 Å². The van der Waals surface area contributed by atoms with Gasteiger partial charge in [0.05, 0.1) is 6.61 Å². The molecule has 0 amide bonds. The minimum Gasteiger partial charge on any atom is -0.478 e. The largest absolute Gasteiger partial charge is 0.478 e. The van der Waals surface area contributed by atoms with E-state index >= 15 is 0 Å². The summed E-state index contributed by atoms with van der Waals surface area (Å²) in [6.45, 7) is 2.68. The minimum absolute atomic E-state index is 0.116. The van der Waals surface area contributed by atoms with Crippen molar-refractivity contribution in [1.82, 2.24) is 0 Å². The van der Waals surface area contributed by atoms with Gasteiger partial charge in [-0.2, -0.15) is 4.89 Å². The summed E-state index contributed by atoms with van der Waals surface area (Å²) in [5, 5.41) is 8.95. The molecule has 0 fully saturated rings. The number of carboxylic acids is 1. The number of carboxylic acid groups (broad SMARTS) is 1. The van der Waals surface area contributed by atoms with E-state index in [1.165, 1.54) is 31.7 Å². The lowest BCUT2D eigenvalue weighted by Gasteiger charge is -2.07. The van der Waals surface area contributed by atoms with E-state index in [9.17, 15) is 4.79 Å². The molecule has 0 aromatic heterocycles. The van der Waals surface area contributed by atoms with Crippen LogP contribution in [0, 0.1) is 0 Å². The number of para-hydroxylation sites is 1. The third kappa shape index (κ3) is 6.25. The summed E-state index contributed by atoms with van der Waals surface area (Å²) in [5.41, 5.74) is 0.116. The van der Waals surface area contributed by atoms with Gasteiger partial charge in [0.1, 0.15) is 5.56 Å². The van der Waals surface area contributed by atoms with Crippen LogP contribution in [0.4, 0.5) is 0 Å². The van der Waals surface area contributed by atoms with Crippen molar-refractivity contribution in [2.75, 3.05) is 6.61 Å². The van der Waals surface area contributed by atoms with E-state index in [1.54, 1.807) is 18.2 Å². The molecule has 1 rings (SSSR count). The second-order valence-corrected chi connectivity index (χ2v) is 4.47. The van der Waals surface area contributed by atoms with Crippen LogP contribution in [-0.4, -0.2) is 17.7 Å². The van der Waals surface area contributed by atoms with Crippen LogP contribution < -0.4 is 4.89 Å². The summed E-state index contributed by atoms with van der Waals surface area (Å²) in [4.78, 5) is 21.0. The Labute approximate surface area is 114 Å². The van der Waals surface area contributed by atoms with E-state index < -0.39 is 5.97 Å². The molecule has 1 aromatic rings. The van der Waals surface area contributed by atoms with Crippen LogP contribution in [-0.2, 0) is 4.89 Å². The number of unbranched alkanes of at least 4 members (excludes halogenated alkanes) is 5. The van der Waals surface area contributed by atoms with Crippen LogP contribution in [0.5, 0.6) is 5.75 Å². The summed E-state index contributed by atoms with van der Waals surface area (Å²) < 4.78 is 0. The fourth-order valence-corrected chi connectivity index (χ4v) is 1.76. The molecule has 4 nitrogen and oxygen atoms in total. The van der Waals surface area contributed by atoms with Crippen LogP contribution in [0.15, 0.2) is 24.3 Å². The van der Waals surface area contributed by atoms with Crippen LogP contribution in [0.2, 0.25) is 0 Å². The first kappa shape index (κ1) is 15.5. The Morgan fingerprint density at radius 2 is 1.79 bits per heavy atom. The highest BCUT2D eigenvalue weighted by atomic mass is 17.2. The second kappa shape index (κ2) is 9.39. The Morgan fingerprint density at radius 1 is 1.11 bits per heavy atom. The standard InChI is InChI=1S/C15H22O4/c1-2-3-4-5-6-9-12-18-19-14-11-8-7-10-13(14)15(16)17/h7-8,10-11H,2-6,9,12H2,1H3,(H,16,17). The van der Waals surface area contributed by atoms with Gasteiger partial charge in [-0.1, -0.05) is 51.2 Å². The number of rotatable bonds is 10. The van der Waals surface area contributed by atoms with Gasteiger partial charge in [-0.05, 0) is 18.6 Å². The molecule has 0 unspecified atom stereocenters. The Balaban J connectivity index is 2.17. The van der Waals surface area contributed by atoms with Gasteiger partial charge in [-0.25, -0.2) is 4.79 Å². The maximum atomic E-state index is 10.9. The number of aromatic carboxylic acids is 1. The van der Waals surface area contributed by atoms with Gasteiger partial charge in [0.25, 0.3) is 0 Å². The van der Waals surface area contributed by atoms with Crippen molar-refractivity contribution >= 4 is 5.97 Å². The van der Waals surface area contributed by atoms with Crippen LogP contribution in [0.3, 0.4) is 0 Å². The molecular weight excluding hydrogens is 244 g/mol. The first-order chi connectivity index (χ1) is 9.25. The number of hydrogen-bond acceptors (Lipinski definition) is 3. The molecule has 0 atom stereocenters.